The van der Waals surface area contributed by atoms with Gasteiger partial charge in [-0.25, -0.2) is 0 Å². The molecule has 0 amide bonds. The molecule has 110 valence electrons. The van der Waals surface area contributed by atoms with E-state index in [0.717, 1.165) is 16.9 Å². The molecule has 0 bridgehead atoms. The number of thiol groups is 1. The summed E-state index contributed by atoms with van der Waals surface area (Å²) < 4.78 is 0. The average Bonchev–Trinajstić information content (AvgIpc) is 2.34. The van der Waals surface area contributed by atoms with Gasteiger partial charge in [-0.05, 0) is 30.9 Å². The summed E-state index contributed by atoms with van der Waals surface area (Å²) in [4.78, 5) is 13.2. The van der Waals surface area contributed by atoms with Crippen LogP contribution in [0.5, 0.6) is 0 Å². The third-order valence-electron chi connectivity index (χ3n) is 2.81. The maximum atomic E-state index is 12.2. The summed E-state index contributed by atoms with van der Waals surface area (Å²) in [6.45, 7) is 12.7. The van der Waals surface area contributed by atoms with Crippen molar-refractivity contribution >= 4 is 29.5 Å². The number of nitrogens with one attached hydrogen (secondary N) is 1. The number of carbonyl (C=O) groups excluding carboxylic acids is 1. The summed E-state index contributed by atoms with van der Waals surface area (Å²) >= 11 is 5.49. The van der Waals surface area contributed by atoms with Gasteiger partial charge in [-0.1, -0.05) is 52.1 Å². The smallest absolute Gasteiger partial charge is 0.211 e. The van der Waals surface area contributed by atoms with E-state index < -0.39 is 0 Å². The third-order valence-corrected chi connectivity index (χ3v) is 4.31. The predicted octanol–water partition coefficient (Wildman–Crippen LogP) is 3.91. The van der Waals surface area contributed by atoms with Gasteiger partial charge in [0.05, 0.1) is 6.04 Å². The lowest BCUT2D eigenvalue weighted by molar-refractivity contribution is -0.112. The first-order valence-electron chi connectivity index (χ1n) is 6.72. The van der Waals surface area contributed by atoms with E-state index in [9.17, 15) is 4.79 Å². The van der Waals surface area contributed by atoms with Crippen LogP contribution >= 0.6 is 24.4 Å². The number of thioether (sulfide) groups is 1. The zero-order chi connectivity index (χ0) is 15.0. The molecule has 2 nitrogen and oxygen atoms in total. The molecular weight excluding hydrogens is 274 g/mol. The molecule has 0 unspecified atom stereocenters. The van der Waals surface area contributed by atoms with E-state index in [1.54, 1.807) is 7.05 Å². The normalized spacial score (nSPS) is 14.0. The molecule has 0 aliphatic heterocycles. The Morgan fingerprint density at radius 2 is 1.95 bits per heavy atom. The molecular formula is C15H27NOS2. The topological polar surface area (TPSA) is 29.1 Å². The molecule has 1 N–H and O–H groups in total. The first kappa shape index (κ1) is 18.8. The largest absolute Gasteiger partial charge is 0.309 e. The summed E-state index contributed by atoms with van der Waals surface area (Å²) in [5.74, 6) is 1.44. The Balaban J connectivity index is 4.91. The molecule has 0 aromatic rings. The van der Waals surface area contributed by atoms with Crippen molar-refractivity contribution in [1.82, 2.24) is 5.32 Å². The van der Waals surface area contributed by atoms with E-state index in [4.69, 9.17) is 0 Å². The van der Waals surface area contributed by atoms with Gasteiger partial charge >= 0.3 is 0 Å². The molecule has 4 heteroatoms. The molecule has 19 heavy (non-hydrogen) atoms. The van der Waals surface area contributed by atoms with Crippen molar-refractivity contribution in [3.8, 4) is 0 Å². The standard InChI is InChI=1S/C15H27NOS2/c1-10(2)7-8-14(12(5)11(3)4)19-15(17)13(9-18)16-6/h8,10-11,13,16,18H,5,7,9H2,1-4,6H3/b14-8+/t13-/m0/s1. The molecule has 0 aliphatic rings. The summed E-state index contributed by atoms with van der Waals surface area (Å²) in [6, 6.07) is -0.212. The lowest BCUT2D eigenvalue weighted by Gasteiger charge is -2.17. The van der Waals surface area contributed by atoms with Crippen LogP contribution in [0.3, 0.4) is 0 Å². The number of hydrogen-bond donors (Lipinski definition) is 2. The number of allylic oxidation sites excluding steroid dienone is 2. The molecule has 0 spiro atoms. The van der Waals surface area contributed by atoms with Crippen LogP contribution in [0.25, 0.3) is 0 Å². The van der Waals surface area contributed by atoms with Crippen molar-refractivity contribution < 1.29 is 4.79 Å². The van der Waals surface area contributed by atoms with E-state index in [1.165, 1.54) is 11.8 Å². The first-order valence-corrected chi connectivity index (χ1v) is 8.17. The lowest BCUT2D eigenvalue weighted by atomic mass is 10.0. The minimum atomic E-state index is -0.212. The maximum Gasteiger partial charge on any atom is 0.211 e. The molecule has 0 aromatic carbocycles. The van der Waals surface area contributed by atoms with Crippen molar-refractivity contribution in [3.63, 3.8) is 0 Å². The highest BCUT2D eigenvalue weighted by molar-refractivity contribution is 8.17. The van der Waals surface area contributed by atoms with E-state index in [0.29, 0.717) is 17.6 Å². The van der Waals surface area contributed by atoms with Gasteiger partial charge in [-0.15, -0.1) is 0 Å². The second kappa shape index (κ2) is 9.67. The van der Waals surface area contributed by atoms with Crippen LogP contribution in [0.1, 0.15) is 34.1 Å². The van der Waals surface area contributed by atoms with Crippen LogP contribution in [-0.2, 0) is 4.79 Å². The van der Waals surface area contributed by atoms with Crippen LogP contribution in [0.2, 0.25) is 0 Å². The lowest BCUT2D eigenvalue weighted by Crippen LogP contribution is -2.34. The van der Waals surface area contributed by atoms with E-state index in [2.05, 4.69) is 58.3 Å². The van der Waals surface area contributed by atoms with Gasteiger partial charge in [0.25, 0.3) is 0 Å². The van der Waals surface area contributed by atoms with Crippen LogP contribution in [0.15, 0.2) is 23.1 Å². The van der Waals surface area contributed by atoms with Crippen molar-refractivity contribution in [3.05, 3.63) is 23.1 Å². The fourth-order valence-electron chi connectivity index (χ4n) is 1.33. The highest BCUT2D eigenvalue weighted by Crippen LogP contribution is 2.30. The van der Waals surface area contributed by atoms with Gasteiger partial charge in [-0.2, -0.15) is 12.6 Å². The van der Waals surface area contributed by atoms with Gasteiger partial charge in [-0.3, -0.25) is 4.79 Å². The van der Waals surface area contributed by atoms with Crippen molar-refractivity contribution in [2.75, 3.05) is 12.8 Å². The quantitative estimate of drug-likeness (QED) is 0.526. The summed E-state index contributed by atoms with van der Waals surface area (Å²) in [5, 5.41) is 3.09. The van der Waals surface area contributed by atoms with E-state index in [-0.39, 0.29) is 11.2 Å². The predicted molar refractivity (Wildman–Crippen MR) is 90.8 cm³/mol. The Labute approximate surface area is 127 Å². The SMILES string of the molecule is C=C(/C(=C\CC(C)C)SC(=O)[C@H](CS)NC)C(C)C. The minimum absolute atomic E-state index is 0.106. The summed E-state index contributed by atoms with van der Waals surface area (Å²) in [5.41, 5.74) is 1.04. The average molecular weight is 302 g/mol. The molecule has 0 saturated heterocycles. The second-order valence-electron chi connectivity index (χ2n) is 5.32. The zero-order valence-electron chi connectivity index (χ0n) is 12.7. The van der Waals surface area contributed by atoms with E-state index in [1.807, 2.05) is 0 Å². The monoisotopic (exact) mass is 301 g/mol. The minimum Gasteiger partial charge on any atom is -0.309 e. The first-order chi connectivity index (χ1) is 8.83. The van der Waals surface area contributed by atoms with Gasteiger partial charge in [0.1, 0.15) is 0 Å². The van der Waals surface area contributed by atoms with Crippen molar-refractivity contribution in [1.29, 1.82) is 0 Å². The number of hydrogen-bond acceptors (Lipinski definition) is 4. The van der Waals surface area contributed by atoms with E-state index >= 15 is 0 Å². The Kier molecular flexibility index (Phi) is 9.58. The molecule has 0 fully saturated rings. The fraction of sp³-hybridized carbons (Fsp3) is 0.667. The summed E-state index contributed by atoms with van der Waals surface area (Å²) in [7, 11) is 1.79. The third kappa shape index (κ3) is 7.23. The maximum absolute atomic E-state index is 12.2. The molecule has 0 saturated carbocycles. The van der Waals surface area contributed by atoms with Gasteiger partial charge < -0.3 is 5.32 Å². The Bertz CT molecular complexity index is 331. The number of rotatable bonds is 8. The molecule has 0 radical (unpaired) electrons. The van der Waals surface area contributed by atoms with Crippen LogP contribution in [0.4, 0.5) is 0 Å². The Morgan fingerprint density at radius 1 is 1.37 bits per heavy atom. The number of likely N-dealkylation sites (N-methyl/N-ethyl adjacent to an activating group) is 1. The highest BCUT2D eigenvalue weighted by atomic mass is 32.2. The molecule has 0 rings (SSSR count). The Hall–Kier alpha value is -0.190. The van der Waals surface area contributed by atoms with Gasteiger partial charge in [0, 0.05) is 10.7 Å². The number of carbonyl (C=O) groups is 1. The second-order valence-corrected chi connectivity index (χ2v) is 6.73. The molecule has 0 aliphatic carbocycles. The summed E-state index contributed by atoms with van der Waals surface area (Å²) in [6.07, 6.45) is 3.10. The zero-order valence-corrected chi connectivity index (χ0v) is 14.4. The molecule has 0 heterocycles. The van der Waals surface area contributed by atoms with Crippen LogP contribution in [0, 0.1) is 11.8 Å². The Morgan fingerprint density at radius 3 is 2.32 bits per heavy atom. The van der Waals surface area contributed by atoms with Gasteiger partial charge in [0.15, 0.2) is 0 Å². The van der Waals surface area contributed by atoms with Gasteiger partial charge in [0.2, 0.25) is 5.12 Å². The fourth-order valence-corrected chi connectivity index (χ4v) is 2.91. The molecule has 0 aromatic heterocycles. The van der Waals surface area contributed by atoms with Crippen LogP contribution < -0.4 is 5.32 Å². The molecule has 1 atom stereocenters. The van der Waals surface area contributed by atoms with Crippen LogP contribution in [-0.4, -0.2) is 24.0 Å². The highest BCUT2D eigenvalue weighted by Gasteiger charge is 2.19. The van der Waals surface area contributed by atoms with Crippen molar-refractivity contribution in [2.45, 2.75) is 40.2 Å². The van der Waals surface area contributed by atoms with Crippen molar-refractivity contribution in [2.24, 2.45) is 11.8 Å².